The lowest BCUT2D eigenvalue weighted by atomic mass is 9.76. The van der Waals surface area contributed by atoms with Crippen molar-refractivity contribution in [2.45, 2.75) is 37.6 Å². The van der Waals surface area contributed by atoms with Crippen molar-refractivity contribution in [3.63, 3.8) is 0 Å². The molecule has 2 atom stereocenters. The molecule has 2 aromatic rings. The van der Waals surface area contributed by atoms with Gasteiger partial charge in [-0.05, 0) is 73.7 Å². The van der Waals surface area contributed by atoms with Gasteiger partial charge in [-0.25, -0.2) is 0 Å². The summed E-state index contributed by atoms with van der Waals surface area (Å²) >= 11 is 12.3. The molecule has 4 rings (SSSR count). The average Bonchev–Trinajstić information content (AvgIpc) is 3.48. The minimum atomic E-state index is 0.141. The third-order valence-electron chi connectivity index (χ3n) is 5.49. The van der Waals surface area contributed by atoms with Gasteiger partial charge in [0.15, 0.2) is 0 Å². The lowest BCUT2D eigenvalue weighted by Crippen LogP contribution is -2.25. The quantitative estimate of drug-likeness (QED) is 0.722. The van der Waals surface area contributed by atoms with Crippen LogP contribution in [0.2, 0.25) is 10.0 Å². The van der Waals surface area contributed by atoms with Gasteiger partial charge in [-0.3, -0.25) is 4.79 Å². The third kappa shape index (κ3) is 3.48. The van der Waals surface area contributed by atoms with E-state index in [0.717, 1.165) is 31.4 Å². The molecule has 136 valence electrons. The normalized spacial score (nSPS) is 22.0. The van der Waals surface area contributed by atoms with Crippen LogP contribution in [0.4, 0.5) is 5.69 Å². The molecule has 0 heterocycles. The molecule has 1 amide bonds. The van der Waals surface area contributed by atoms with Gasteiger partial charge in [0.05, 0.1) is 10.0 Å². The highest BCUT2D eigenvalue weighted by Crippen LogP contribution is 2.43. The topological polar surface area (TPSA) is 41.1 Å². The van der Waals surface area contributed by atoms with Gasteiger partial charge in [0.2, 0.25) is 5.91 Å². The summed E-state index contributed by atoms with van der Waals surface area (Å²) in [5.41, 5.74) is 4.61. The van der Waals surface area contributed by atoms with Crippen molar-refractivity contribution in [1.82, 2.24) is 5.32 Å². The zero-order valence-corrected chi connectivity index (χ0v) is 16.2. The van der Waals surface area contributed by atoms with Crippen molar-refractivity contribution in [1.29, 1.82) is 0 Å². The summed E-state index contributed by atoms with van der Waals surface area (Å²) in [6.07, 6.45) is 4.10. The van der Waals surface area contributed by atoms with Crippen LogP contribution in [0.3, 0.4) is 0 Å². The maximum absolute atomic E-state index is 12.1. The van der Waals surface area contributed by atoms with Crippen molar-refractivity contribution in [2.24, 2.45) is 5.92 Å². The smallest absolute Gasteiger partial charge is 0.227 e. The van der Waals surface area contributed by atoms with Gasteiger partial charge in [0.25, 0.3) is 0 Å². The molecule has 1 saturated carbocycles. The summed E-state index contributed by atoms with van der Waals surface area (Å²) in [5.74, 6) is 0.635. The molecule has 5 heteroatoms. The van der Waals surface area contributed by atoms with Gasteiger partial charge in [-0.1, -0.05) is 35.3 Å². The van der Waals surface area contributed by atoms with Crippen LogP contribution in [0, 0.1) is 5.92 Å². The Morgan fingerprint density at radius 3 is 2.46 bits per heavy atom. The molecular formula is C21H22Cl2N2O. The van der Waals surface area contributed by atoms with Crippen LogP contribution >= 0.6 is 23.2 Å². The second-order valence-electron chi connectivity index (χ2n) is 7.25. The maximum atomic E-state index is 12.1. The zero-order valence-electron chi connectivity index (χ0n) is 14.7. The first-order valence-electron chi connectivity index (χ1n) is 9.13. The van der Waals surface area contributed by atoms with Gasteiger partial charge in [-0.15, -0.1) is 0 Å². The molecule has 0 radical (unpaired) electrons. The minimum absolute atomic E-state index is 0.141. The number of carbonyl (C=O) groups is 1. The van der Waals surface area contributed by atoms with E-state index in [2.05, 4.69) is 28.8 Å². The Balaban J connectivity index is 1.68. The van der Waals surface area contributed by atoms with Gasteiger partial charge in [0, 0.05) is 23.6 Å². The first-order valence-corrected chi connectivity index (χ1v) is 9.89. The highest BCUT2D eigenvalue weighted by Gasteiger charge is 2.31. The van der Waals surface area contributed by atoms with Crippen LogP contribution < -0.4 is 10.6 Å². The number of rotatable bonds is 4. The Labute approximate surface area is 164 Å². The fourth-order valence-electron chi connectivity index (χ4n) is 3.88. The van der Waals surface area contributed by atoms with Gasteiger partial charge < -0.3 is 10.6 Å². The zero-order chi connectivity index (χ0) is 18.3. The van der Waals surface area contributed by atoms with Crippen molar-refractivity contribution in [3.8, 4) is 0 Å². The predicted molar refractivity (Wildman–Crippen MR) is 107 cm³/mol. The Morgan fingerprint density at radius 2 is 1.77 bits per heavy atom. The number of amides is 1. The average molecular weight is 389 g/mol. The van der Waals surface area contributed by atoms with Crippen LogP contribution in [-0.2, 0) is 4.79 Å². The number of anilines is 1. The molecule has 2 aliphatic carbocycles. The standard InChI is InChI=1S/C21H22Cl2N2O/c1-24-20-9-7-15(13-4-8-18(22)19(23)10-13)16-6-5-14(11-17(16)20)25-21(26)12-2-3-12/h4-6,8,10-12,15,20,24H,2-3,7,9H2,1H3,(H,25,26)/t15-,20-/m0/s1. The first-order chi connectivity index (χ1) is 12.6. The number of nitrogens with one attached hydrogen (secondary N) is 2. The highest BCUT2D eigenvalue weighted by atomic mass is 35.5. The van der Waals surface area contributed by atoms with Crippen molar-refractivity contribution < 1.29 is 4.79 Å². The molecule has 2 aliphatic rings. The number of benzene rings is 2. The van der Waals surface area contributed by atoms with Crippen LogP contribution in [0.5, 0.6) is 0 Å². The molecule has 0 spiro atoms. The van der Waals surface area contributed by atoms with Gasteiger partial charge in [0.1, 0.15) is 0 Å². The molecule has 0 saturated heterocycles. The van der Waals surface area contributed by atoms with Crippen LogP contribution in [-0.4, -0.2) is 13.0 Å². The van der Waals surface area contributed by atoms with Crippen LogP contribution in [0.15, 0.2) is 36.4 Å². The molecule has 0 aromatic heterocycles. The number of hydrogen-bond acceptors (Lipinski definition) is 2. The second-order valence-corrected chi connectivity index (χ2v) is 8.07. The molecule has 0 bridgehead atoms. The Morgan fingerprint density at radius 1 is 0.962 bits per heavy atom. The Kier molecular flexibility index (Phi) is 4.96. The molecule has 26 heavy (non-hydrogen) atoms. The van der Waals surface area contributed by atoms with E-state index in [4.69, 9.17) is 23.2 Å². The van der Waals surface area contributed by atoms with E-state index in [9.17, 15) is 4.79 Å². The summed E-state index contributed by atoms with van der Waals surface area (Å²) in [6.45, 7) is 0. The summed E-state index contributed by atoms with van der Waals surface area (Å²) in [7, 11) is 1.99. The van der Waals surface area contributed by atoms with E-state index in [-0.39, 0.29) is 17.7 Å². The summed E-state index contributed by atoms with van der Waals surface area (Å²) in [5, 5.41) is 7.65. The van der Waals surface area contributed by atoms with Crippen molar-refractivity contribution in [3.05, 3.63) is 63.1 Å². The van der Waals surface area contributed by atoms with Gasteiger partial charge >= 0.3 is 0 Å². The molecule has 1 fully saturated rings. The molecule has 2 aromatic carbocycles. The van der Waals surface area contributed by atoms with E-state index in [1.807, 2.05) is 25.2 Å². The SMILES string of the molecule is CN[C@H]1CC[C@@H](c2ccc(Cl)c(Cl)c2)c2ccc(NC(=O)C3CC3)cc21. The van der Waals surface area contributed by atoms with E-state index in [0.29, 0.717) is 16.1 Å². The Bertz CT molecular complexity index is 848. The lowest BCUT2D eigenvalue weighted by molar-refractivity contribution is -0.117. The number of halogens is 2. The fraction of sp³-hybridized carbons (Fsp3) is 0.381. The largest absolute Gasteiger partial charge is 0.326 e. The number of hydrogen-bond donors (Lipinski definition) is 2. The number of carbonyl (C=O) groups excluding carboxylic acids is 1. The first kappa shape index (κ1) is 17.8. The second kappa shape index (κ2) is 7.22. The van der Waals surface area contributed by atoms with Crippen molar-refractivity contribution in [2.75, 3.05) is 12.4 Å². The van der Waals surface area contributed by atoms with Crippen LogP contribution in [0.1, 0.15) is 54.3 Å². The predicted octanol–water partition coefficient (Wildman–Crippen LogP) is 5.53. The number of fused-ring (bicyclic) bond motifs is 1. The fourth-order valence-corrected chi connectivity index (χ4v) is 4.19. The summed E-state index contributed by atoms with van der Waals surface area (Å²) in [4.78, 5) is 12.1. The van der Waals surface area contributed by atoms with E-state index in [1.165, 1.54) is 16.7 Å². The van der Waals surface area contributed by atoms with Crippen molar-refractivity contribution >= 4 is 34.8 Å². The molecular weight excluding hydrogens is 367 g/mol. The molecule has 2 N–H and O–H groups in total. The Hall–Kier alpha value is -1.55. The van der Waals surface area contributed by atoms with Crippen LogP contribution in [0.25, 0.3) is 0 Å². The molecule has 0 aliphatic heterocycles. The van der Waals surface area contributed by atoms with E-state index >= 15 is 0 Å². The van der Waals surface area contributed by atoms with E-state index < -0.39 is 0 Å². The highest BCUT2D eigenvalue weighted by molar-refractivity contribution is 6.42. The van der Waals surface area contributed by atoms with E-state index in [1.54, 1.807) is 0 Å². The van der Waals surface area contributed by atoms with Gasteiger partial charge in [-0.2, -0.15) is 0 Å². The summed E-state index contributed by atoms with van der Waals surface area (Å²) < 4.78 is 0. The summed E-state index contributed by atoms with van der Waals surface area (Å²) in [6, 6.07) is 12.5. The molecule has 3 nitrogen and oxygen atoms in total. The maximum Gasteiger partial charge on any atom is 0.227 e. The minimum Gasteiger partial charge on any atom is -0.326 e. The monoisotopic (exact) mass is 388 g/mol. The lowest BCUT2D eigenvalue weighted by Gasteiger charge is -2.32. The third-order valence-corrected chi connectivity index (χ3v) is 6.23. The molecule has 0 unspecified atom stereocenters.